The summed E-state index contributed by atoms with van der Waals surface area (Å²) >= 11 is 0. The van der Waals surface area contributed by atoms with Gasteiger partial charge < -0.3 is 15.8 Å². The lowest BCUT2D eigenvalue weighted by atomic mass is 10.1. The number of carbonyl (C=O) groups excluding carboxylic acids is 1. The zero-order valence-corrected chi connectivity index (χ0v) is 18.9. The number of nitrogens with zero attached hydrogens (tertiary/aromatic N) is 3. The third-order valence-electron chi connectivity index (χ3n) is 5.70. The lowest BCUT2D eigenvalue weighted by Crippen LogP contribution is -2.43. The molecule has 0 aliphatic rings. The average molecular weight is 447 g/mol. The van der Waals surface area contributed by atoms with Crippen molar-refractivity contribution >= 4 is 28.4 Å². The fraction of sp³-hybridized carbons (Fsp3) is 0.280. The first-order chi connectivity index (χ1) is 16.0. The molecular formula is C25H28N5O3+. The standard InChI is InChI=1S/C25H27N5O3/c1-17-8-6-13-30-22(17)28-23-20(25(30)32)16-19(24(31)27-12-7-15-33-2)21(26)29(23)14-11-18-9-4-3-5-10-18/h3-6,8-10,13,16,26H,7,11-12,14-15H2,1-2H3,(H,27,31)/p+1. The van der Waals surface area contributed by atoms with Crippen LogP contribution < -0.4 is 21.2 Å². The van der Waals surface area contributed by atoms with Gasteiger partial charge >= 0.3 is 0 Å². The van der Waals surface area contributed by atoms with Crippen molar-refractivity contribution in [2.24, 2.45) is 0 Å². The number of ether oxygens (including phenoxy) is 1. The molecule has 3 N–H and O–H groups in total. The minimum atomic E-state index is -0.326. The number of amides is 1. The van der Waals surface area contributed by atoms with E-state index >= 15 is 0 Å². The maximum Gasteiger partial charge on any atom is 0.278 e. The van der Waals surface area contributed by atoms with Crippen LogP contribution in [0.1, 0.15) is 27.9 Å². The highest BCUT2D eigenvalue weighted by Gasteiger charge is 2.24. The molecule has 0 fully saturated rings. The fourth-order valence-electron chi connectivity index (χ4n) is 3.92. The quantitative estimate of drug-likeness (QED) is 0.245. The number of carbonyl (C=O) groups is 1. The summed E-state index contributed by atoms with van der Waals surface area (Å²) < 4.78 is 8.33. The first kappa shape index (κ1) is 22.4. The molecular weight excluding hydrogens is 418 g/mol. The molecule has 8 heteroatoms. The second-order valence-electron chi connectivity index (χ2n) is 7.97. The topological polar surface area (TPSA) is 103 Å². The maximum atomic E-state index is 13.4. The van der Waals surface area contributed by atoms with Crippen LogP contribution in [0.3, 0.4) is 0 Å². The van der Waals surface area contributed by atoms with E-state index < -0.39 is 0 Å². The predicted molar refractivity (Wildman–Crippen MR) is 127 cm³/mol. The Morgan fingerprint density at radius 3 is 2.76 bits per heavy atom. The van der Waals surface area contributed by atoms with Gasteiger partial charge in [0.15, 0.2) is 0 Å². The lowest BCUT2D eigenvalue weighted by Gasteiger charge is -2.13. The number of nitrogens with one attached hydrogen (secondary N) is 1. The molecule has 0 radical (unpaired) electrons. The van der Waals surface area contributed by atoms with Gasteiger partial charge in [-0.2, -0.15) is 0 Å². The van der Waals surface area contributed by atoms with Crippen molar-refractivity contribution < 1.29 is 14.1 Å². The summed E-state index contributed by atoms with van der Waals surface area (Å²) in [6, 6.07) is 15.3. The summed E-state index contributed by atoms with van der Waals surface area (Å²) in [4.78, 5) is 31.1. The SMILES string of the molecule is COCCCNC(=O)c1cc2c(=O)n3cccc(C)c3nc2[n+](CCc2ccccc2)c1N. The van der Waals surface area contributed by atoms with Gasteiger partial charge in [0.05, 0.1) is 6.54 Å². The number of methoxy groups -OCH3 is 1. The van der Waals surface area contributed by atoms with Crippen molar-refractivity contribution in [3.05, 3.63) is 81.8 Å². The Bertz CT molecular complexity index is 1370. The molecule has 0 saturated heterocycles. The summed E-state index contributed by atoms with van der Waals surface area (Å²) in [6.45, 7) is 3.38. The van der Waals surface area contributed by atoms with Crippen LogP contribution in [0, 0.1) is 6.92 Å². The highest BCUT2D eigenvalue weighted by atomic mass is 16.5. The third-order valence-corrected chi connectivity index (χ3v) is 5.70. The maximum absolute atomic E-state index is 13.4. The van der Waals surface area contributed by atoms with E-state index in [1.165, 1.54) is 4.40 Å². The largest absolute Gasteiger partial charge is 0.385 e. The van der Waals surface area contributed by atoms with E-state index in [1.54, 1.807) is 30.0 Å². The van der Waals surface area contributed by atoms with Crippen molar-refractivity contribution in [3.63, 3.8) is 0 Å². The second-order valence-corrected chi connectivity index (χ2v) is 7.97. The van der Waals surface area contributed by atoms with E-state index in [2.05, 4.69) is 5.32 Å². The minimum absolute atomic E-state index is 0.236. The van der Waals surface area contributed by atoms with E-state index in [9.17, 15) is 9.59 Å². The van der Waals surface area contributed by atoms with Crippen molar-refractivity contribution in [2.75, 3.05) is 26.0 Å². The Labute approximate surface area is 191 Å². The number of hydrogen-bond donors (Lipinski definition) is 2. The Hall–Kier alpha value is -3.78. The van der Waals surface area contributed by atoms with Gasteiger partial charge in [0.25, 0.3) is 17.1 Å². The number of aryl methyl sites for hydroxylation is 3. The van der Waals surface area contributed by atoms with Crippen molar-refractivity contribution in [1.29, 1.82) is 0 Å². The molecule has 0 spiro atoms. The molecule has 0 atom stereocenters. The van der Waals surface area contributed by atoms with E-state index in [4.69, 9.17) is 15.5 Å². The Kier molecular flexibility index (Phi) is 6.65. The predicted octanol–water partition coefficient (Wildman–Crippen LogP) is 2.03. The van der Waals surface area contributed by atoms with Gasteiger partial charge in [-0.1, -0.05) is 41.4 Å². The fourth-order valence-corrected chi connectivity index (χ4v) is 3.92. The summed E-state index contributed by atoms with van der Waals surface area (Å²) in [7, 11) is 1.62. The minimum Gasteiger partial charge on any atom is -0.385 e. The normalized spacial score (nSPS) is 11.2. The number of aromatic nitrogens is 3. The van der Waals surface area contributed by atoms with Crippen LogP contribution in [-0.4, -0.2) is 35.6 Å². The first-order valence-corrected chi connectivity index (χ1v) is 11.0. The van der Waals surface area contributed by atoms with E-state index in [-0.39, 0.29) is 22.8 Å². The van der Waals surface area contributed by atoms with Crippen molar-refractivity contribution in [3.8, 4) is 0 Å². The molecule has 33 heavy (non-hydrogen) atoms. The van der Waals surface area contributed by atoms with Gasteiger partial charge in [-0.3, -0.25) is 14.0 Å². The van der Waals surface area contributed by atoms with Gasteiger partial charge in [0, 0.05) is 38.4 Å². The average Bonchev–Trinajstić information content (AvgIpc) is 2.82. The molecule has 8 nitrogen and oxygen atoms in total. The van der Waals surface area contributed by atoms with Crippen LogP contribution in [0.5, 0.6) is 0 Å². The van der Waals surface area contributed by atoms with Crippen LogP contribution in [0.25, 0.3) is 16.7 Å². The number of rotatable bonds is 8. The molecule has 3 heterocycles. The van der Waals surface area contributed by atoms with Crippen molar-refractivity contribution in [2.45, 2.75) is 26.3 Å². The van der Waals surface area contributed by atoms with Gasteiger partial charge in [-0.05, 0) is 31.0 Å². The molecule has 0 aliphatic heterocycles. The van der Waals surface area contributed by atoms with Crippen LogP contribution in [-0.2, 0) is 17.7 Å². The van der Waals surface area contributed by atoms with Crippen LogP contribution in [0.15, 0.2) is 59.5 Å². The first-order valence-electron chi connectivity index (χ1n) is 11.0. The smallest absolute Gasteiger partial charge is 0.278 e. The zero-order valence-electron chi connectivity index (χ0n) is 18.9. The monoisotopic (exact) mass is 446 g/mol. The Morgan fingerprint density at radius 2 is 2.00 bits per heavy atom. The van der Waals surface area contributed by atoms with Crippen molar-refractivity contribution in [1.82, 2.24) is 14.7 Å². The molecule has 4 aromatic rings. The molecule has 0 aliphatic carbocycles. The van der Waals surface area contributed by atoms with Gasteiger partial charge in [-0.25, -0.2) is 4.57 Å². The number of benzene rings is 1. The molecule has 170 valence electrons. The Morgan fingerprint density at radius 1 is 1.21 bits per heavy atom. The molecule has 4 rings (SSSR count). The highest BCUT2D eigenvalue weighted by molar-refractivity contribution is 6.00. The van der Waals surface area contributed by atoms with Gasteiger partial charge in [0.1, 0.15) is 10.9 Å². The van der Waals surface area contributed by atoms with Crippen LogP contribution >= 0.6 is 0 Å². The van der Waals surface area contributed by atoms with Gasteiger partial charge in [0.2, 0.25) is 11.5 Å². The molecule has 0 bridgehead atoms. The summed E-state index contributed by atoms with van der Waals surface area (Å²) in [5.74, 6) is -0.0415. The molecule has 0 saturated carbocycles. The number of nitrogen functional groups attached to an aromatic ring is 1. The van der Waals surface area contributed by atoms with E-state index in [0.29, 0.717) is 49.2 Å². The molecule has 3 aromatic heterocycles. The molecule has 0 unspecified atom stereocenters. The summed E-state index contributed by atoms with van der Waals surface area (Å²) in [5.41, 5.74) is 9.58. The van der Waals surface area contributed by atoms with Crippen LogP contribution in [0.2, 0.25) is 0 Å². The Balaban J connectivity index is 1.85. The number of nitrogens with two attached hydrogens (primary N) is 1. The highest BCUT2D eigenvalue weighted by Crippen LogP contribution is 2.16. The van der Waals surface area contributed by atoms with Gasteiger partial charge in [-0.15, -0.1) is 0 Å². The van der Waals surface area contributed by atoms with Crippen LogP contribution in [0.4, 0.5) is 5.82 Å². The van der Waals surface area contributed by atoms with E-state index in [0.717, 1.165) is 11.1 Å². The molecule has 1 aromatic carbocycles. The zero-order chi connectivity index (χ0) is 23.4. The second kappa shape index (κ2) is 9.79. The number of pyridine rings is 2. The molecule has 1 amide bonds. The lowest BCUT2D eigenvalue weighted by molar-refractivity contribution is -0.658. The summed E-state index contributed by atoms with van der Waals surface area (Å²) in [6.07, 6.45) is 3.04. The van der Waals surface area contributed by atoms with E-state index in [1.807, 2.05) is 43.3 Å². The number of hydrogen-bond acceptors (Lipinski definition) is 5. The number of fused-ring (bicyclic) bond motifs is 2. The summed E-state index contributed by atoms with van der Waals surface area (Å²) in [5, 5.41) is 3.21. The number of anilines is 1. The third kappa shape index (κ3) is 4.56.